The number of H-pyrrole nitrogens is 1. The Bertz CT molecular complexity index is 1280. The highest BCUT2D eigenvalue weighted by atomic mass is 32.2. The summed E-state index contributed by atoms with van der Waals surface area (Å²) in [5.41, 5.74) is 5.34. The van der Waals surface area contributed by atoms with Gasteiger partial charge in [0.15, 0.2) is 10.9 Å². The number of Topliss-reactive ketones (excluding diaryl/α,β-unsaturated/α-hetero) is 1. The normalized spacial score (nSPS) is 17.5. The Balaban J connectivity index is 1.56. The topological polar surface area (TPSA) is 74.8 Å². The number of hydrogen-bond donors (Lipinski definition) is 2. The molecule has 0 spiro atoms. The maximum atomic E-state index is 13.4. The molecule has 1 aliphatic heterocycles. The summed E-state index contributed by atoms with van der Waals surface area (Å²) in [4.78, 5) is 34.1. The van der Waals surface area contributed by atoms with Gasteiger partial charge in [0, 0.05) is 29.4 Å². The average Bonchev–Trinajstić information content (AvgIpc) is 2.82. The fourth-order valence-corrected chi connectivity index (χ4v) is 5.46. The van der Waals surface area contributed by atoms with Crippen molar-refractivity contribution in [1.29, 1.82) is 0 Å². The number of ketones is 1. The highest BCUT2D eigenvalue weighted by molar-refractivity contribution is 7.98. The molecule has 1 aliphatic carbocycles. The summed E-state index contributed by atoms with van der Waals surface area (Å²) in [5.74, 6) is 1.43. The quantitative estimate of drug-likeness (QED) is 0.377. The largest absolute Gasteiger partial charge is 0.343 e. The molecular formula is C27H27N3O2S. The molecule has 168 valence electrons. The summed E-state index contributed by atoms with van der Waals surface area (Å²) in [6, 6.07) is 18.4. The second kappa shape index (κ2) is 9.02. The number of aromatic nitrogens is 2. The molecule has 2 aliphatic rings. The van der Waals surface area contributed by atoms with Gasteiger partial charge in [-0.1, -0.05) is 80.2 Å². The zero-order valence-electron chi connectivity index (χ0n) is 18.9. The van der Waals surface area contributed by atoms with Gasteiger partial charge in [0.1, 0.15) is 5.82 Å². The highest BCUT2D eigenvalue weighted by Gasteiger charge is 2.37. The Morgan fingerprint density at radius 3 is 2.52 bits per heavy atom. The molecule has 1 atom stereocenters. The lowest BCUT2D eigenvalue weighted by atomic mass is 9.76. The van der Waals surface area contributed by atoms with Crippen molar-refractivity contribution in [2.75, 3.05) is 5.32 Å². The minimum absolute atomic E-state index is 0.120. The summed E-state index contributed by atoms with van der Waals surface area (Å²) in [7, 11) is 0. The smallest absolute Gasteiger partial charge is 0.257 e. The van der Waals surface area contributed by atoms with E-state index in [1.54, 1.807) is 0 Å². The number of nitrogens with one attached hydrogen (secondary N) is 2. The number of allylic oxidation sites excluding steroid dienone is 2. The van der Waals surface area contributed by atoms with Gasteiger partial charge in [0.2, 0.25) is 0 Å². The number of benzene rings is 2. The highest BCUT2D eigenvalue weighted by Crippen LogP contribution is 2.43. The molecule has 2 aromatic carbocycles. The number of anilines is 1. The van der Waals surface area contributed by atoms with Gasteiger partial charge in [-0.2, -0.15) is 0 Å². The molecule has 5 rings (SSSR count). The molecule has 0 saturated heterocycles. The number of carbonyl (C=O) groups is 1. The SMILES string of the molecule is CC(C)c1ccc([C@H]2C3=C(CCCC3=O)Nc3nc(SCc4ccccc4)[nH]c(=O)c32)cc1. The van der Waals surface area contributed by atoms with E-state index in [0.29, 0.717) is 28.9 Å². The molecular weight excluding hydrogens is 430 g/mol. The third-order valence-corrected chi connectivity index (χ3v) is 7.34. The maximum absolute atomic E-state index is 13.4. The van der Waals surface area contributed by atoms with Crippen molar-refractivity contribution in [3.63, 3.8) is 0 Å². The van der Waals surface area contributed by atoms with Crippen molar-refractivity contribution < 1.29 is 4.79 Å². The van der Waals surface area contributed by atoms with E-state index in [0.717, 1.165) is 35.4 Å². The number of thioether (sulfide) groups is 1. The number of fused-ring (bicyclic) bond motifs is 1. The van der Waals surface area contributed by atoms with Gasteiger partial charge < -0.3 is 10.3 Å². The first-order valence-corrected chi connectivity index (χ1v) is 12.4. The Labute approximate surface area is 197 Å². The molecule has 0 radical (unpaired) electrons. The monoisotopic (exact) mass is 457 g/mol. The molecule has 6 heteroatoms. The van der Waals surface area contributed by atoms with E-state index in [4.69, 9.17) is 4.98 Å². The Morgan fingerprint density at radius 1 is 1.03 bits per heavy atom. The molecule has 0 unspecified atom stereocenters. The van der Waals surface area contributed by atoms with Crippen LogP contribution >= 0.6 is 11.8 Å². The van der Waals surface area contributed by atoms with E-state index < -0.39 is 5.92 Å². The van der Waals surface area contributed by atoms with Crippen LogP contribution in [-0.2, 0) is 10.5 Å². The van der Waals surface area contributed by atoms with Gasteiger partial charge >= 0.3 is 0 Å². The van der Waals surface area contributed by atoms with E-state index in [1.165, 1.54) is 22.9 Å². The molecule has 1 aromatic heterocycles. The maximum Gasteiger partial charge on any atom is 0.257 e. The van der Waals surface area contributed by atoms with Crippen LogP contribution in [0.4, 0.5) is 5.82 Å². The predicted molar refractivity (Wildman–Crippen MR) is 133 cm³/mol. The zero-order valence-corrected chi connectivity index (χ0v) is 19.7. The standard InChI is InChI=1S/C27H27N3O2S/c1-16(2)18-11-13-19(14-12-18)22-23-20(9-6-10-21(23)31)28-25-24(22)26(32)30-27(29-25)33-15-17-7-4-3-5-8-17/h3-5,7-8,11-14,16,22H,6,9-10,15H2,1-2H3,(H2,28,29,30,32)/t22-/m0/s1. The van der Waals surface area contributed by atoms with Crippen molar-refractivity contribution in [3.05, 3.63) is 98.5 Å². The van der Waals surface area contributed by atoms with Crippen molar-refractivity contribution >= 4 is 23.4 Å². The minimum atomic E-state index is -0.394. The van der Waals surface area contributed by atoms with Gasteiger partial charge in [0.05, 0.1) is 5.56 Å². The molecule has 2 N–H and O–H groups in total. The van der Waals surface area contributed by atoms with Gasteiger partial charge in [-0.15, -0.1) is 0 Å². The van der Waals surface area contributed by atoms with Crippen LogP contribution in [0.2, 0.25) is 0 Å². The molecule has 0 bridgehead atoms. The minimum Gasteiger partial charge on any atom is -0.343 e. The molecule has 5 nitrogen and oxygen atoms in total. The molecule has 3 aromatic rings. The first-order chi connectivity index (χ1) is 16.0. The lowest BCUT2D eigenvalue weighted by Crippen LogP contribution is -2.32. The molecule has 2 heterocycles. The fourth-order valence-electron chi connectivity index (χ4n) is 4.64. The van der Waals surface area contributed by atoms with Gasteiger partial charge in [-0.25, -0.2) is 4.98 Å². The van der Waals surface area contributed by atoms with Crippen molar-refractivity contribution in [1.82, 2.24) is 9.97 Å². The van der Waals surface area contributed by atoms with Crippen LogP contribution in [0.15, 0.2) is 75.8 Å². The molecule has 33 heavy (non-hydrogen) atoms. The van der Waals surface area contributed by atoms with Crippen molar-refractivity contribution in [2.24, 2.45) is 0 Å². The van der Waals surface area contributed by atoms with Crippen LogP contribution in [0.3, 0.4) is 0 Å². The number of aromatic amines is 1. The third-order valence-electron chi connectivity index (χ3n) is 6.39. The van der Waals surface area contributed by atoms with Crippen LogP contribution in [0, 0.1) is 0 Å². The van der Waals surface area contributed by atoms with E-state index in [1.807, 2.05) is 18.2 Å². The summed E-state index contributed by atoms with van der Waals surface area (Å²) < 4.78 is 0. The average molecular weight is 458 g/mol. The van der Waals surface area contributed by atoms with Gasteiger partial charge in [-0.3, -0.25) is 9.59 Å². The summed E-state index contributed by atoms with van der Waals surface area (Å²) in [6.07, 6.45) is 2.13. The van der Waals surface area contributed by atoms with E-state index in [-0.39, 0.29) is 11.3 Å². The van der Waals surface area contributed by atoms with Crippen LogP contribution in [-0.4, -0.2) is 15.8 Å². The number of nitrogens with zero attached hydrogens (tertiary/aromatic N) is 1. The van der Waals surface area contributed by atoms with E-state index in [2.05, 4.69) is 60.5 Å². The second-order valence-corrected chi connectivity index (χ2v) is 9.92. The lowest BCUT2D eigenvalue weighted by molar-refractivity contribution is -0.116. The second-order valence-electron chi connectivity index (χ2n) is 8.96. The Morgan fingerprint density at radius 2 is 1.79 bits per heavy atom. The van der Waals surface area contributed by atoms with Crippen LogP contribution in [0.5, 0.6) is 0 Å². The van der Waals surface area contributed by atoms with Crippen LogP contribution in [0.25, 0.3) is 0 Å². The summed E-state index contributed by atoms with van der Waals surface area (Å²) in [6.45, 7) is 4.31. The van der Waals surface area contributed by atoms with Gasteiger partial charge in [-0.05, 0) is 35.4 Å². The lowest BCUT2D eigenvalue weighted by Gasteiger charge is -2.33. The molecule has 0 saturated carbocycles. The first-order valence-electron chi connectivity index (χ1n) is 11.5. The van der Waals surface area contributed by atoms with Crippen molar-refractivity contribution in [3.8, 4) is 0 Å². The third kappa shape index (κ3) is 4.27. The molecule has 0 amide bonds. The summed E-state index contributed by atoms with van der Waals surface area (Å²) in [5, 5.41) is 3.93. The van der Waals surface area contributed by atoms with Crippen molar-refractivity contribution in [2.45, 2.75) is 55.9 Å². The number of rotatable bonds is 5. The van der Waals surface area contributed by atoms with Crippen LogP contribution in [0.1, 0.15) is 67.2 Å². The first kappa shape index (κ1) is 21.7. The number of hydrogen-bond acceptors (Lipinski definition) is 5. The zero-order chi connectivity index (χ0) is 22.9. The Hall–Kier alpha value is -3.12. The fraction of sp³-hybridized carbons (Fsp3) is 0.296. The number of carbonyl (C=O) groups excluding carboxylic acids is 1. The molecule has 0 fully saturated rings. The van der Waals surface area contributed by atoms with E-state index in [9.17, 15) is 9.59 Å². The van der Waals surface area contributed by atoms with Gasteiger partial charge in [0.25, 0.3) is 5.56 Å². The predicted octanol–water partition coefficient (Wildman–Crippen LogP) is 5.75. The van der Waals surface area contributed by atoms with E-state index >= 15 is 0 Å². The Kier molecular flexibility index (Phi) is 5.94. The van der Waals surface area contributed by atoms with Crippen LogP contribution < -0.4 is 10.9 Å². The summed E-state index contributed by atoms with van der Waals surface area (Å²) >= 11 is 1.50.